The van der Waals surface area contributed by atoms with Gasteiger partial charge in [0.2, 0.25) is 0 Å². The van der Waals surface area contributed by atoms with Gasteiger partial charge in [0, 0.05) is 20.8 Å². The molecule has 1 aromatic heterocycles. The van der Waals surface area contributed by atoms with Crippen LogP contribution in [0.25, 0.3) is 0 Å². The zero-order valence-electron chi connectivity index (χ0n) is 7.47. The van der Waals surface area contributed by atoms with E-state index in [1.165, 1.54) is 14.2 Å². The van der Waals surface area contributed by atoms with Gasteiger partial charge in [-0.3, -0.25) is 0 Å². The number of ether oxygens (including phenoxy) is 1. The molecule has 0 aromatic carbocycles. The molecule has 2 nitrogen and oxygen atoms in total. The Morgan fingerprint density at radius 2 is 2.54 bits per heavy atom. The predicted molar refractivity (Wildman–Crippen MR) is 58.3 cm³/mol. The van der Waals surface area contributed by atoms with Crippen molar-refractivity contribution in [1.29, 1.82) is 0 Å². The lowest BCUT2D eigenvalue weighted by Gasteiger charge is -2.23. The van der Waals surface area contributed by atoms with E-state index >= 15 is 0 Å². The van der Waals surface area contributed by atoms with Crippen molar-refractivity contribution >= 4 is 27.3 Å². The molecular weight excluding hydrogens is 250 g/mol. The molecule has 72 valence electrons. The highest BCUT2D eigenvalue weighted by Gasteiger charge is 2.19. The number of hydrogen-bond acceptors (Lipinski definition) is 3. The number of hydrogen-bond donors (Lipinski definition) is 1. The second-order valence-corrected chi connectivity index (χ2v) is 5.29. The van der Waals surface area contributed by atoms with Gasteiger partial charge in [-0.05, 0) is 28.9 Å². The Labute approximate surface area is 90.4 Å². The molecule has 0 amide bonds. The molecule has 2 heterocycles. The molecule has 0 bridgehead atoms. The smallest absolute Gasteiger partial charge is 0.0670 e. The SMILES string of the molecule is Cc1cc(Br)c(C2COCCN2)s1. The summed E-state index contributed by atoms with van der Waals surface area (Å²) in [4.78, 5) is 2.70. The Balaban J connectivity index is 2.18. The summed E-state index contributed by atoms with van der Waals surface area (Å²) in [7, 11) is 0. The minimum Gasteiger partial charge on any atom is -0.378 e. The number of halogens is 1. The third-order valence-electron chi connectivity index (χ3n) is 2.07. The monoisotopic (exact) mass is 261 g/mol. The van der Waals surface area contributed by atoms with Gasteiger partial charge in [-0.1, -0.05) is 0 Å². The Morgan fingerprint density at radius 1 is 1.69 bits per heavy atom. The van der Waals surface area contributed by atoms with Gasteiger partial charge in [-0.25, -0.2) is 0 Å². The standard InChI is InChI=1S/C9H12BrNOS/c1-6-4-7(10)9(13-6)8-5-12-3-2-11-8/h4,8,11H,2-3,5H2,1H3. The normalized spacial score (nSPS) is 23.4. The van der Waals surface area contributed by atoms with Gasteiger partial charge in [-0.2, -0.15) is 0 Å². The Hall–Kier alpha value is 0.1000. The van der Waals surface area contributed by atoms with E-state index in [2.05, 4.69) is 34.2 Å². The maximum Gasteiger partial charge on any atom is 0.0670 e. The van der Waals surface area contributed by atoms with E-state index < -0.39 is 0 Å². The maximum atomic E-state index is 5.42. The summed E-state index contributed by atoms with van der Waals surface area (Å²) < 4.78 is 6.63. The molecule has 1 aliphatic heterocycles. The summed E-state index contributed by atoms with van der Waals surface area (Å²) in [5.74, 6) is 0. The highest BCUT2D eigenvalue weighted by atomic mass is 79.9. The van der Waals surface area contributed by atoms with Gasteiger partial charge < -0.3 is 10.1 Å². The van der Waals surface area contributed by atoms with Crippen molar-refractivity contribution in [2.45, 2.75) is 13.0 Å². The zero-order chi connectivity index (χ0) is 9.26. The van der Waals surface area contributed by atoms with Crippen molar-refractivity contribution in [3.05, 3.63) is 20.3 Å². The Kier molecular flexibility index (Phi) is 3.03. The molecule has 1 fully saturated rings. The summed E-state index contributed by atoms with van der Waals surface area (Å²) in [6, 6.07) is 2.54. The fourth-order valence-electron chi connectivity index (χ4n) is 1.47. The van der Waals surface area contributed by atoms with Crippen LogP contribution in [0.5, 0.6) is 0 Å². The Morgan fingerprint density at radius 3 is 3.08 bits per heavy atom. The number of aryl methyl sites for hydroxylation is 1. The highest BCUT2D eigenvalue weighted by molar-refractivity contribution is 9.10. The number of morpholine rings is 1. The maximum absolute atomic E-state index is 5.42. The molecule has 1 aromatic rings. The molecule has 1 unspecified atom stereocenters. The first-order valence-electron chi connectivity index (χ1n) is 4.34. The molecule has 0 aliphatic carbocycles. The second-order valence-electron chi connectivity index (χ2n) is 3.15. The molecular formula is C9H12BrNOS. The Bertz CT molecular complexity index is 294. The summed E-state index contributed by atoms with van der Waals surface area (Å²) >= 11 is 5.40. The van der Waals surface area contributed by atoms with Crippen molar-refractivity contribution in [3.63, 3.8) is 0 Å². The fraction of sp³-hybridized carbons (Fsp3) is 0.556. The lowest BCUT2D eigenvalue weighted by atomic mass is 10.2. The lowest BCUT2D eigenvalue weighted by molar-refractivity contribution is 0.0777. The third-order valence-corrected chi connectivity index (χ3v) is 4.16. The number of nitrogens with one attached hydrogen (secondary N) is 1. The van der Waals surface area contributed by atoms with Gasteiger partial charge >= 0.3 is 0 Å². The summed E-state index contributed by atoms with van der Waals surface area (Å²) in [5, 5.41) is 3.44. The lowest BCUT2D eigenvalue weighted by Crippen LogP contribution is -2.34. The second kappa shape index (κ2) is 4.09. The average molecular weight is 262 g/mol. The molecule has 2 rings (SSSR count). The van der Waals surface area contributed by atoms with Crippen LogP contribution in [0.2, 0.25) is 0 Å². The van der Waals surface area contributed by atoms with Crippen LogP contribution in [0.1, 0.15) is 15.8 Å². The molecule has 1 saturated heterocycles. The molecule has 1 aliphatic rings. The minimum absolute atomic E-state index is 0.377. The zero-order valence-corrected chi connectivity index (χ0v) is 9.87. The van der Waals surface area contributed by atoms with Crippen LogP contribution in [0.4, 0.5) is 0 Å². The van der Waals surface area contributed by atoms with Gasteiger partial charge in [0.05, 0.1) is 19.3 Å². The van der Waals surface area contributed by atoms with E-state index in [0.29, 0.717) is 6.04 Å². The van der Waals surface area contributed by atoms with E-state index in [0.717, 1.165) is 19.8 Å². The molecule has 1 N–H and O–H groups in total. The molecule has 13 heavy (non-hydrogen) atoms. The first-order valence-corrected chi connectivity index (χ1v) is 5.95. The molecule has 0 radical (unpaired) electrons. The molecule has 0 saturated carbocycles. The van der Waals surface area contributed by atoms with E-state index in [1.807, 2.05) is 11.3 Å². The quantitative estimate of drug-likeness (QED) is 0.839. The van der Waals surface area contributed by atoms with Gasteiger partial charge in [0.25, 0.3) is 0 Å². The summed E-state index contributed by atoms with van der Waals surface area (Å²) in [5.41, 5.74) is 0. The van der Waals surface area contributed by atoms with Crippen molar-refractivity contribution in [2.75, 3.05) is 19.8 Å². The topological polar surface area (TPSA) is 21.3 Å². The van der Waals surface area contributed by atoms with Crippen molar-refractivity contribution in [1.82, 2.24) is 5.32 Å². The predicted octanol–water partition coefficient (Wildman–Crippen LogP) is 2.48. The van der Waals surface area contributed by atoms with Crippen LogP contribution in [0.3, 0.4) is 0 Å². The molecule has 1 atom stereocenters. The fourth-order valence-corrected chi connectivity index (χ4v) is 3.46. The minimum atomic E-state index is 0.377. The molecule has 4 heteroatoms. The van der Waals surface area contributed by atoms with E-state index in [-0.39, 0.29) is 0 Å². The number of thiophene rings is 1. The molecule has 0 spiro atoms. The van der Waals surface area contributed by atoms with Crippen LogP contribution >= 0.6 is 27.3 Å². The van der Waals surface area contributed by atoms with Crippen molar-refractivity contribution < 1.29 is 4.74 Å². The van der Waals surface area contributed by atoms with Gasteiger partial charge in [-0.15, -0.1) is 11.3 Å². The van der Waals surface area contributed by atoms with E-state index in [4.69, 9.17) is 4.74 Å². The van der Waals surface area contributed by atoms with Crippen LogP contribution in [-0.4, -0.2) is 19.8 Å². The van der Waals surface area contributed by atoms with Gasteiger partial charge in [0.1, 0.15) is 0 Å². The van der Waals surface area contributed by atoms with Gasteiger partial charge in [0.15, 0.2) is 0 Å². The van der Waals surface area contributed by atoms with E-state index in [9.17, 15) is 0 Å². The largest absolute Gasteiger partial charge is 0.378 e. The first-order chi connectivity index (χ1) is 6.27. The van der Waals surface area contributed by atoms with E-state index in [1.54, 1.807) is 0 Å². The van der Waals surface area contributed by atoms with Crippen LogP contribution in [0.15, 0.2) is 10.5 Å². The number of rotatable bonds is 1. The van der Waals surface area contributed by atoms with Crippen LogP contribution in [0, 0.1) is 6.92 Å². The summed E-state index contributed by atoms with van der Waals surface area (Å²) in [6.07, 6.45) is 0. The highest BCUT2D eigenvalue weighted by Crippen LogP contribution is 2.32. The average Bonchev–Trinajstić information content (AvgIpc) is 2.47. The summed E-state index contributed by atoms with van der Waals surface area (Å²) in [6.45, 7) is 4.70. The van der Waals surface area contributed by atoms with Crippen molar-refractivity contribution in [3.8, 4) is 0 Å². The first kappa shape index (κ1) is 9.65. The van der Waals surface area contributed by atoms with Crippen LogP contribution in [-0.2, 0) is 4.74 Å². The van der Waals surface area contributed by atoms with Crippen LogP contribution < -0.4 is 5.32 Å². The van der Waals surface area contributed by atoms with Crippen molar-refractivity contribution in [2.24, 2.45) is 0 Å². The third kappa shape index (κ3) is 2.13.